The lowest BCUT2D eigenvalue weighted by Gasteiger charge is -2.20. The molecule has 0 aromatic carbocycles. The van der Waals surface area contributed by atoms with E-state index < -0.39 is 0 Å². The van der Waals surface area contributed by atoms with Gasteiger partial charge in [-0.15, -0.1) is 0 Å². The summed E-state index contributed by atoms with van der Waals surface area (Å²) in [6.45, 7) is 6.18. The molecule has 92 valence electrons. The normalized spacial score (nSPS) is 27.6. The molecule has 1 aromatic heterocycles. The molecule has 2 atom stereocenters. The van der Waals surface area contributed by atoms with Crippen LogP contribution in [0.2, 0.25) is 5.15 Å². The standard InChI is InChI=1S/C13H18ClN3/c1-8-9(2)16-13(12(14)15-8)17-6-10-4-3-5-11(10)7-17/h10-11H,3-7H2,1-2H3. The van der Waals surface area contributed by atoms with Crippen molar-refractivity contribution in [3.8, 4) is 0 Å². The average molecular weight is 252 g/mol. The van der Waals surface area contributed by atoms with E-state index in [0.717, 1.165) is 42.1 Å². The van der Waals surface area contributed by atoms with Crippen molar-refractivity contribution in [2.75, 3.05) is 18.0 Å². The van der Waals surface area contributed by atoms with Crippen LogP contribution in [0.15, 0.2) is 0 Å². The van der Waals surface area contributed by atoms with Crippen LogP contribution in [-0.4, -0.2) is 23.1 Å². The Morgan fingerprint density at radius 3 is 2.29 bits per heavy atom. The molecule has 1 aliphatic heterocycles. The van der Waals surface area contributed by atoms with Crippen molar-refractivity contribution in [2.24, 2.45) is 11.8 Å². The van der Waals surface area contributed by atoms with E-state index in [4.69, 9.17) is 11.6 Å². The molecule has 2 unspecified atom stereocenters. The molecule has 2 fully saturated rings. The number of aromatic nitrogens is 2. The van der Waals surface area contributed by atoms with Gasteiger partial charge in [-0.25, -0.2) is 9.97 Å². The minimum Gasteiger partial charge on any atom is -0.353 e. The van der Waals surface area contributed by atoms with Crippen LogP contribution in [0.25, 0.3) is 0 Å². The Bertz CT molecular complexity index is 435. The fourth-order valence-electron chi connectivity index (χ4n) is 3.17. The van der Waals surface area contributed by atoms with E-state index in [1.165, 1.54) is 19.3 Å². The van der Waals surface area contributed by atoms with Gasteiger partial charge in [-0.2, -0.15) is 0 Å². The van der Waals surface area contributed by atoms with Gasteiger partial charge in [-0.1, -0.05) is 18.0 Å². The van der Waals surface area contributed by atoms with Crippen molar-refractivity contribution in [1.29, 1.82) is 0 Å². The first-order chi connectivity index (χ1) is 8.15. The molecular formula is C13H18ClN3. The predicted molar refractivity (Wildman–Crippen MR) is 69.6 cm³/mol. The van der Waals surface area contributed by atoms with E-state index in [9.17, 15) is 0 Å². The van der Waals surface area contributed by atoms with E-state index in [-0.39, 0.29) is 0 Å². The summed E-state index contributed by atoms with van der Waals surface area (Å²) in [4.78, 5) is 11.3. The fraction of sp³-hybridized carbons (Fsp3) is 0.692. The van der Waals surface area contributed by atoms with Crippen LogP contribution in [0.5, 0.6) is 0 Å². The first kappa shape index (κ1) is 11.3. The molecule has 2 aliphatic rings. The second-order valence-electron chi connectivity index (χ2n) is 5.36. The van der Waals surface area contributed by atoms with E-state index in [1.807, 2.05) is 13.8 Å². The summed E-state index contributed by atoms with van der Waals surface area (Å²) in [5.41, 5.74) is 1.92. The van der Waals surface area contributed by atoms with Crippen LogP contribution < -0.4 is 4.90 Å². The van der Waals surface area contributed by atoms with Gasteiger partial charge in [0.15, 0.2) is 11.0 Å². The largest absolute Gasteiger partial charge is 0.353 e. The van der Waals surface area contributed by atoms with E-state index in [0.29, 0.717) is 5.15 Å². The predicted octanol–water partition coefficient (Wildman–Crippen LogP) is 2.98. The second-order valence-corrected chi connectivity index (χ2v) is 5.72. The van der Waals surface area contributed by atoms with Crippen LogP contribution in [0.1, 0.15) is 30.7 Å². The molecule has 1 saturated carbocycles. The van der Waals surface area contributed by atoms with Gasteiger partial charge in [-0.05, 0) is 38.5 Å². The first-order valence-electron chi connectivity index (χ1n) is 6.41. The van der Waals surface area contributed by atoms with Crippen molar-refractivity contribution in [3.63, 3.8) is 0 Å². The number of halogens is 1. The molecule has 2 heterocycles. The van der Waals surface area contributed by atoms with Crippen molar-refractivity contribution in [3.05, 3.63) is 16.5 Å². The van der Waals surface area contributed by atoms with Crippen molar-refractivity contribution in [2.45, 2.75) is 33.1 Å². The summed E-state index contributed by atoms with van der Waals surface area (Å²) in [5.74, 6) is 2.60. The molecule has 0 N–H and O–H groups in total. The minimum atomic E-state index is 0.563. The Balaban J connectivity index is 1.88. The number of rotatable bonds is 1. The van der Waals surface area contributed by atoms with Crippen LogP contribution in [-0.2, 0) is 0 Å². The molecule has 0 bridgehead atoms. The summed E-state index contributed by atoms with van der Waals surface area (Å²) in [6, 6.07) is 0. The van der Waals surface area contributed by atoms with E-state index >= 15 is 0 Å². The highest BCUT2D eigenvalue weighted by Gasteiger charge is 2.37. The molecule has 0 radical (unpaired) electrons. The topological polar surface area (TPSA) is 29.0 Å². The molecular weight excluding hydrogens is 234 g/mol. The molecule has 1 aromatic rings. The van der Waals surface area contributed by atoms with E-state index in [2.05, 4.69) is 14.9 Å². The highest BCUT2D eigenvalue weighted by Crippen LogP contribution is 2.40. The quantitative estimate of drug-likeness (QED) is 0.768. The summed E-state index contributed by atoms with van der Waals surface area (Å²) in [5, 5.41) is 0.563. The number of hydrogen-bond donors (Lipinski definition) is 0. The van der Waals surface area contributed by atoms with E-state index in [1.54, 1.807) is 0 Å². The molecule has 1 aliphatic carbocycles. The highest BCUT2D eigenvalue weighted by atomic mass is 35.5. The Morgan fingerprint density at radius 1 is 1.06 bits per heavy atom. The van der Waals surface area contributed by atoms with Crippen LogP contribution >= 0.6 is 11.6 Å². The first-order valence-corrected chi connectivity index (χ1v) is 6.78. The van der Waals surface area contributed by atoms with Crippen molar-refractivity contribution >= 4 is 17.4 Å². The summed E-state index contributed by atoms with van der Waals surface area (Å²) in [6.07, 6.45) is 4.14. The van der Waals surface area contributed by atoms with Gasteiger partial charge in [0.2, 0.25) is 0 Å². The third kappa shape index (κ3) is 1.90. The van der Waals surface area contributed by atoms with Gasteiger partial charge in [0.05, 0.1) is 11.4 Å². The molecule has 3 rings (SSSR count). The number of fused-ring (bicyclic) bond motifs is 1. The maximum Gasteiger partial charge on any atom is 0.171 e. The summed E-state index contributed by atoms with van der Waals surface area (Å²) >= 11 is 6.22. The molecule has 1 saturated heterocycles. The molecule has 0 spiro atoms. The Hall–Kier alpha value is -0.830. The minimum absolute atomic E-state index is 0.563. The third-order valence-corrected chi connectivity index (χ3v) is 4.53. The van der Waals surface area contributed by atoms with Gasteiger partial charge in [0.1, 0.15) is 0 Å². The zero-order chi connectivity index (χ0) is 12.0. The van der Waals surface area contributed by atoms with Crippen LogP contribution in [0, 0.1) is 25.7 Å². The van der Waals surface area contributed by atoms with Gasteiger partial charge in [0, 0.05) is 13.1 Å². The zero-order valence-electron chi connectivity index (χ0n) is 10.4. The fourth-order valence-corrected chi connectivity index (χ4v) is 3.46. The van der Waals surface area contributed by atoms with Crippen LogP contribution in [0.3, 0.4) is 0 Å². The Morgan fingerprint density at radius 2 is 1.65 bits per heavy atom. The third-order valence-electron chi connectivity index (χ3n) is 4.27. The molecule has 0 amide bonds. The van der Waals surface area contributed by atoms with Crippen molar-refractivity contribution in [1.82, 2.24) is 9.97 Å². The lowest BCUT2D eigenvalue weighted by Crippen LogP contribution is -2.23. The van der Waals surface area contributed by atoms with Gasteiger partial charge < -0.3 is 4.90 Å². The summed E-state index contributed by atoms with van der Waals surface area (Å²) < 4.78 is 0. The number of hydrogen-bond acceptors (Lipinski definition) is 3. The smallest absolute Gasteiger partial charge is 0.171 e. The molecule has 17 heavy (non-hydrogen) atoms. The molecule has 4 heteroatoms. The average Bonchev–Trinajstić information content (AvgIpc) is 2.83. The lowest BCUT2D eigenvalue weighted by atomic mass is 10.0. The maximum atomic E-state index is 6.22. The lowest BCUT2D eigenvalue weighted by molar-refractivity contribution is 0.494. The zero-order valence-corrected chi connectivity index (χ0v) is 11.2. The highest BCUT2D eigenvalue weighted by molar-refractivity contribution is 6.31. The van der Waals surface area contributed by atoms with Gasteiger partial charge in [-0.3, -0.25) is 0 Å². The second kappa shape index (κ2) is 4.13. The van der Waals surface area contributed by atoms with Gasteiger partial charge in [0.25, 0.3) is 0 Å². The summed E-state index contributed by atoms with van der Waals surface area (Å²) in [7, 11) is 0. The Labute approximate surface area is 107 Å². The van der Waals surface area contributed by atoms with Crippen molar-refractivity contribution < 1.29 is 0 Å². The number of aryl methyl sites for hydroxylation is 2. The Kier molecular flexibility index (Phi) is 2.74. The number of anilines is 1. The van der Waals surface area contributed by atoms with Gasteiger partial charge >= 0.3 is 0 Å². The number of nitrogens with zero attached hydrogens (tertiary/aromatic N) is 3. The molecule has 3 nitrogen and oxygen atoms in total. The monoisotopic (exact) mass is 251 g/mol. The SMILES string of the molecule is Cc1nc(Cl)c(N2CC3CCCC3C2)nc1C. The van der Waals surface area contributed by atoms with Crippen LogP contribution in [0.4, 0.5) is 5.82 Å². The maximum absolute atomic E-state index is 6.22.